The summed E-state index contributed by atoms with van der Waals surface area (Å²) in [5.74, 6) is 0. The number of nitrogens with two attached hydrogens (primary N) is 1. The molecule has 0 fully saturated rings. The highest BCUT2D eigenvalue weighted by Crippen LogP contribution is 2.39. The summed E-state index contributed by atoms with van der Waals surface area (Å²) in [6.45, 7) is 0.589. The number of aryl methyl sites for hydroxylation is 1. The van der Waals surface area contributed by atoms with Crippen molar-refractivity contribution in [3.8, 4) is 10.6 Å². The smallest absolute Gasteiger partial charge is 0.0903 e. The van der Waals surface area contributed by atoms with Gasteiger partial charge in [-0.1, -0.05) is 30.3 Å². The lowest BCUT2D eigenvalue weighted by Gasteiger charge is -2.16. The van der Waals surface area contributed by atoms with Crippen molar-refractivity contribution in [3.63, 3.8) is 0 Å². The Morgan fingerprint density at radius 2 is 2.09 bits per heavy atom. The fourth-order valence-corrected chi connectivity index (χ4v) is 4.41. The van der Waals surface area contributed by atoms with Gasteiger partial charge < -0.3 is 11.1 Å². The molecule has 0 spiro atoms. The van der Waals surface area contributed by atoms with Gasteiger partial charge in [0.25, 0.3) is 0 Å². The van der Waals surface area contributed by atoms with Gasteiger partial charge in [-0.2, -0.15) is 5.10 Å². The Morgan fingerprint density at radius 3 is 2.74 bits per heavy atom. The summed E-state index contributed by atoms with van der Waals surface area (Å²) in [6, 6.07) is 14.8. The molecule has 3 N–H and O–H groups in total. The van der Waals surface area contributed by atoms with Crippen LogP contribution in [-0.4, -0.2) is 22.4 Å². The van der Waals surface area contributed by atoms with Gasteiger partial charge in [-0.3, -0.25) is 4.68 Å². The van der Waals surface area contributed by atoms with Crippen LogP contribution in [0.25, 0.3) is 10.6 Å². The summed E-state index contributed by atoms with van der Waals surface area (Å²) in [6.07, 6.45) is 2.72. The van der Waals surface area contributed by atoms with E-state index in [0.717, 1.165) is 21.6 Å². The van der Waals surface area contributed by atoms with Crippen molar-refractivity contribution in [2.24, 2.45) is 12.8 Å². The van der Waals surface area contributed by atoms with Gasteiger partial charge >= 0.3 is 0 Å². The third-order valence-corrected chi connectivity index (χ3v) is 5.67. The van der Waals surface area contributed by atoms with Crippen LogP contribution in [-0.2, 0) is 13.5 Å². The molecule has 0 saturated carbocycles. The lowest BCUT2D eigenvalue weighted by atomic mass is 10.1. The number of nitrogens with one attached hydrogen (secondary N) is 1. The molecule has 0 aliphatic heterocycles. The molecule has 2 aromatic heterocycles. The quantitative estimate of drug-likeness (QED) is 0.670. The summed E-state index contributed by atoms with van der Waals surface area (Å²) in [5.41, 5.74) is 8.34. The maximum Gasteiger partial charge on any atom is 0.0903 e. The van der Waals surface area contributed by atoms with E-state index in [1.54, 1.807) is 11.3 Å². The minimum Gasteiger partial charge on any atom is -0.373 e. The molecule has 3 aromatic rings. The van der Waals surface area contributed by atoms with Crippen LogP contribution >= 0.6 is 27.3 Å². The monoisotopic (exact) mass is 390 g/mol. The van der Waals surface area contributed by atoms with Gasteiger partial charge in [-0.05, 0) is 40.0 Å². The van der Waals surface area contributed by atoms with Crippen LogP contribution in [0.5, 0.6) is 0 Å². The zero-order valence-corrected chi connectivity index (χ0v) is 15.3. The van der Waals surface area contributed by atoms with Crippen molar-refractivity contribution in [3.05, 3.63) is 58.7 Å². The maximum absolute atomic E-state index is 5.95. The Hall–Kier alpha value is -1.63. The van der Waals surface area contributed by atoms with E-state index in [1.165, 1.54) is 10.4 Å². The zero-order chi connectivity index (χ0) is 16.2. The van der Waals surface area contributed by atoms with Crippen molar-refractivity contribution >= 4 is 32.3 Å². The summed E-state index contributed by atoms with van der Waals surface area (Å²) in [4.78, 5) is 1.17. The molecule has 120 valence electrons. The highest BCUT2D eigenvalue weighted by Gasteiger charge is 2.14. The minimum atomic E-state index is 0.210. The van der Waals surface area contributed by atoms with E-state index in [1.807, 2.05) is 30.1 Å². The number of thiophene rings is 1. The van der Waals surface area contributed by atoms with Gasteiger partial charge in [0, 0.05) is 30.3 Å². The van der Waals surface area contributed by atoms with E-state index in [4.69, 9.17) is 5.73 Å². The van der Waals surface area contributed by atoms with Crippen molar-refractivity contribution < 1.29 is 0 Å². The molecular weight excluding hydrogens is 372 g/mol. The van der Waals surface area contributed by atoms with Gasteiger partial charge in [-0.25, -0.2) is 0 Å². The number of hydrogen-bond donors (Lipinski definition) is 2. The van der Waals surface area contributed by atoms with Crippen molar-refractivity contribution in [2.45, 2.75) is 12.5 Å². The first kappa shape index (κ1) is 16.2. The van der Waals surface area contributed by atoms with Gasteiger partial charge in [-0.15, -0.1) is 11.3 Å². The van der Waals surface area contributed by atoms with E-state index in [2.05, 4.69) is 56.7 Å². The molecule has 0 aliphatic rings. The molecule has 6 heteroatoms. The second-order valence-corrected chi connectivity index (χ2v) is 7.30. The molecule has 4 nitrogen and oxygen atoms in total. The van der Waals surface area contributed by atoms with Crippen LogP contribution in [0.2, 0.25) is 0 Å². The van der Waals surface area contributed by atoms with Gasteiger partial charge in [0.15, 0.2) is 0 Å². The zero-order valence-electron chi connectivity index (χ0n) is 12.9. The van der Waals surface area contributed by atoms with Crippen LogP contribution < -0.4 is 11.1 Å². The Kier molecular flexibility index (Phi) is 5.15. The van der Waals surface area contributed by atoms with Gasteiger partial charge in [0.05, 0.1) is 15.6 Å². The predicted molar refractivity (Wildman–Crippen MR) is 101 cm³/mol. The molecule has 0 bridgehead atoms. The lowest BCUT2D eigenvalue weighted by molar-refractivity contribution is 0.726. The average molecular weight is 391 g/mol. The van der Waals surface area contributed by atoms with Crippen LogP contribution in [0.3, 0.4) is 0 Å². The predicted octanol–water partition coefficient (Wildman–Crippen LogP) is 3.89. The largest absolute Gasteiger partial charge is 0.373 e. The Bertz CT molecular complexity index is 766. The molecular formula is C17H19BrN4S. The first-order chi connectivity index (χ1) is 11.2. The minimum absolute atomic E-state index is 0.210. The highest BCUT2D eigenvalue weighted by atomic mass is 79.9. The SMILES string of the molecule is Cn1nccc1-c1sc(NC(CN)Cc2ccccc2)cc1Br. The van der Waals surface area contributed by atoms with Crippen LogP contribution in [0, 0.1) is 0 Å². The third kappa shape index (κ3) is 3.83. The van der Waals surface area contributed by atoms with Crippen molar-refractivity contribution in [1.82, 2.24) is 9.78 Å². The number of halogens is 1. The van der Waals surface area contributed by atoms with Crippen molar-refractivity contribution in [2.75, 3.05) is 11.9 Å². The van der Waals surface area contributed by atoms with E-state index in [0.29, 0.717) is 6.54 Å². The number of aromatic nitrogens is 2. The molecule has 1 unspecified atom stereocenters. The van der Waals surface area contributed by atoms with E-state index in [-0.39, 0.29) is 6.04 Å². The fraction of sp³-hybridized carbons (Fsp3) is 0.235. The van der Waals surface area contributed by atoms with Gasteiger partial charge in [0.1, 0.15) is 0 Å². The molecule has 3 rings (SSSR count). The molecule has 0 radical (unpaired) electrons. The number of benzene rings is 1. The normalized spacial score (nSPS) is 12.3. The number of rotatable bonds is 6. The highest BCUT2D eigenvalue weighted by molar-refractivity contribution is 9.10. The average Bonchev–Trinajstić information content (AvgIpc) is 3.13. The molecule has 1 aromatic carbocycles. The third-order valence-electron chi connectivity index (χ3n) is 3.70. The summed E-state index contributed by atoms with van der Waals surface area (Å²) in [5, 5.41) is 8.90. The molecule has 0 saturated heterocycles. The number of anilines is 1. The Balaban J connectivity index is 1.76. The molecule has 2 heterocycles. The number of nitrogens with zero attached hydrogens (tertiary/aromatic N) is 2. The summed E-state index contributed by atoms with van der Waals surface area (Å²) >= 11 is 5.36. The summed E-state index contributed by atoms with van der Waals surface area (Å²) in [7, 11) is 1.95. The molecule has 0 amide bonds. The number of hydrogen-bond acceptors (Lipinski definition) is 4. The van der Waals surface area contributed by atoms with E-state index >= 15 is 0 Å². The topological polar surface area (TPSA) is 55.9 Å². The van der Waals surface area contributed by atoms with Crippen LogP contribution in [0.1, 0.15) is 5.56 Å². The second kappa shape index (κ2) is 7.29. The first-order valence-electron chi connectivity index (χ1n) is 7.45. The fourth-order valence-electron chi connectivity index (χ4n) is 2.50. The van der Waals surface area contributed by atoms with Crippen molar-refractivity contribution in [1.29, 1.82) is 0 Å². The standard InChI is InChI=1S/C17H19BrN4S/c1-22-15(7-8-20-22)17-14(18)10-16(23-17)21-13(11-19)9-12-5-3-2-4-6-12/h2-8,10,13,21H,9,11,19H2,1H3. The summed E-state index contributed by atoms with van der Waals surface area (Å²) < 4.78 is 2.95. The lowest BCUT2D eigenvalue weighted by Crippen LogP contribution is -2.30. The molecule has 0 aliphatic carbocycles. The Morgan fingerprint density at radius 1 is 1.30 bits per heavy atom. The maximum atomic E-state index is 5.95. The first-order valence-corrected chi connectivity index (χ1v) is 9.06. The van der Waals surface area contributed by atoms with Crippen LogP contribution in [0.4, 0.5) is 5.00 Å². The molecule has 1 atom stereocenters. The van der Waals surface area contributed by atoms with E-state index < -0.39 is 0 Å². The second-order valence-electron chi connectivity index (χ2n) is 5.39. The van der Waals surface area contributed by atoms with Crippen LogP contribution in [0.15, 0.2) is 53.1 Å². The molecule has 23 heavy (non-hydrogen) atoms. The van der Waals surface area contributed by atoms with E-state index in [9.17, 15) is 0 Å². The Labute approximate surface area is 148 Å². The van der Waals surface area contributed by atoms with Gasteiger partial charge in [0.2, 0.25) is 0 Å².